The molecule has 0 fully saturated rings. The molecule has 2 amide bonds. The minimum Gasteiger partial charge on any atom is -0.495 e. The lowest BCUT2D eigenvalue weighted by Gasteiger charge is -2.26. The van der Waals surface area contributed by atoms with Gasteiger partial charge in [-0.1, -0.05) is 24.4 Å². The monoisotopic (exact) mass is 281 g/mol. The van der Waals surface area contributed by atoms with Crippen LogP contribution in [0, 0.1) is 0 Å². The number of methoxy groups -OCH3 is 1. The first-order valence-corrected chi connectivity index (χ1v) is 6.35. The lowest BCUT2D eigenvalue weighted by Crippen LogP contribution is -2.44. The van der Waals surface area contributed by atoms with E-state index < -0.39 is 0 Å². The lowest BCUT2D eigenvalue weighted by molar-refractivity contribution is 0.206. The van der Waals surface area contributed by atoms with E-state index in [1.165, 1.54) is 0 Å². The molecule has 1 aromatic rings. The van der Waals surface area contributed by atoms with Crippen molar-refractivity contribution in [2.24, 2.45) is 5.73 Å². The number of urea groups is 1. The summed E-state index contributed by atoms with van der Waals surface area (Å²) in [6.07, 6.45) is 0. The van der Waals surface area contributed by atoms with Gasteiger partial charge in [0.15, 0.2) is 0 Å². The number of ether oxygens (including phenoxy) is 1. The molecule has 0 aliphatic heterocycles. The molecule has 104 valence electrons. The van der Waals surface area contributed by atoms with Gasteiger partial charge < -0.3 is 20.7 Å². The summed E-state index contributed by atoms with van der Waals surface area (Å²) in [6, 6.07) is 6.96. The number of nitrogens with two attached hydrogens (primary N) is 1. The summed E-state index contributed by atoms with van der Waals surface area (Å²) in [4.78, 5) is 14.0. The Bertz CT molecular complexity index is 463. The van der Waals surface area contributed by atoms with Crippen LogP contribution in [0.4, 0.5) is 10.5 Å². The number of thiocarbonyl (C=S) groups is 1. The molecule has 0 aromatic heterocycles. The zero-order valence-corrected chi connectivity index (χ0v) is 12.2. The lowest BCUT2D eigenvalue weighted by atomic mass is 10.3. The van der Waals surface area contributed by atoms with Crippen molar-refractivity contribution in [1.82, 2.24) is 4.90 Å². The molecule has 0 spiro atoms. The number of para-hydroxylation sites is 2. The summed E-state index contributed by atoms with van der Waals surface area (Å²) in [7, 11) is 1.56. The van der Waals surface area contributed by atoms with Crippen LogP contribution in [-0.4, -0.2) is 35.6 Å². The number of benzene rings is 1. The van der Waals surface area contributed by atoms with Crippen LogP contribution in [0.5, 0.6) is 5.75 Å². The molecule has 19 heavy (non-hydrogen) atoms. The maximum atomic E-state index is 12.2. The number of hydrogen-bond donors (Lipinski definition) is 2. The van der Waals surface area contributed by atoms with E-state index >= 15 is 0 Å². The topological polar surface area (TPSA) is 67.6 Å². The van der Waals surface area contributed by atoms with Gasteiger partial charge in [0.05, 0.1) is 24.3 Å². The highest BCUT2D eigenvalue weighted by atomic mass is 32.1. The number of carbonyl (C=O) groups is 1. The molecule has 0 bridgehead atoms. The van der Waals surface area contributed by atoms with Crippen LogP contribution in [0.15, 0.2) is 24.3 Å². The van der Waals surface area contributed by atoms with Crippen LogP contribution in [0.3, 0.4) is 0 Å². The zero-order chi connectivity index (χ0) is 14.4. The van der Waals surface area contributed by atoms with Crippen LogP contribution >= 0.6 is 12.2 Å². The third kappa shape index (κ3) is 4.40. The molecule has 0 heterocycles. The maximum absolute atomic E-state index is 12.2. The van der Waals surface area contributed by atoms with E-state index in [9.17, 15) is 4.79 Å². The van der Waals surface area contributed by atoms with Crippen molar-refractivity contribution < 1.29 is 9.53 Å². The highest BCUT2D eigenvalue weighted by Gasteiger charge is 2.18. The van der Waals surface area contributed by atoms with Gasteiger partial charge in [-0.15, -0.1) is 0 Å². The standard InChI is InChI=1S/C13H19N3O2S/c1-9(2)16(8-12(14)19)13(17)15-10-6-4-5-7-11(10)18-3/h4-7,9H,8H2,1-3H3,(H2,14,19)(H,15,17). The molecule has 0 atom stereocenters. The van der Waals surface area contributed by atoms with E-state index in [1.54, 1.807) is 24.1 Å². The molecule has 0 saturated heterocycles. The molecule has 5 nitrogen and oxygen atoms in total. The molecule has 6 heteroatoms. The number of nitrogens with zero attached hydrogens (tertiary/aromatic N) is 1. The molecule has 0 unspecified atom stereocenters. The average molecular weight is 281 g/mol. The Hall–Kier alpha value is -1.82. The summed E-state index contributed by atoms with van der Waals surface area (Å²) in [5.41, 5.74) is 6.12. The van der Waals surface area contributed by atoms with Gasteiger partial charge in [0, 0.05) is 6.04 Å². The zero-order valence-electron chi connectivity index (χ0n) is 11.3. The molecule has 0 aliphatic rings. The van der Waals surface area contributed by atoms with Crippen molar-refractivity contribution in [2.45, 2.75) is 19.9 Å². The SMILES string of the molecule is COc1ccccc1NC(=O)N(CC(N)=S)C(C)C. The number of amides is 2. The number of anilines is 1. The summed E-state index contributed by atoms with van der Waals surface area (Å²) in [6.45, 7) is 4.05. The highest BCUT2D eigenvalue weighted by Crippen LogP contribution is 2.23. The second kappa shape index (κ2) is 6.94. The van der Waals surface area contributed by atoms with Crippen molar-refractivity contribution in [3.8, 4) is 5.75 Å². The summed E-state index contributed by atoms with van der Waals surface area (Å²) < 4.78 is 5.18. The second-order valence-corrected chi connectivity index (χ2v) is 4.84. The van der Waals surface area contributed by atoms with E-state index in [2.05, 4.69) is 5.32 Å². The maximum Gasteiger partial charge on any atom is 0.322 e. The Labute approximate surface area is 118 Å². The second-order valence-electron chi connectivity index (χ2n) is 4.32. The first kappa shape index (κ1) is 15.2. The van der Waals surface area contributed by atoms with Crippen LogP contribution < -0.4 is 15.8 Å². The Kier molecular flexibility index (Phi) is 5.57. The number of carbonyl (C=O) groups excluding carboxylic acids is 1. The Morgan fingerprint density at radius 1 is 1.47 bits per heavy atom. The van der Waals surface area contributed by atoms with Crippen LogP contribution in [0.25, 0.3) is 0 Å². The molecular formula is C13H19N3O2S. The predicted octanol–water partition coefficient (Wildman–Crippen LogP) is 2.22. The van der Waals surface area contributed by atoms with Gasteiger partial charge in [-0.25, -0.2) is 4.79 Å². The largest absolute Gasteiger partial charge is 0.495 e. The van der Waals surface area contributed by atoms with E-state index in [4.69, 9.17) is 22.7 Å². The van der Waals surface area contributed by atoms with Gasteiger partial charge >= 0.3 is 6.03 Å². The molecule has 3 N–H and O–H groups in total. The molecular weight excluding hydrogens is 262 g/mol. The fraction of sp³-hybridized carbons (Fsp3) is 0.385. The number of rotatable bonds is 5. The smallest absolute Gasteiger partial charge is 0.322 e. The number of nitrogens with one attached hydrogen (secondary N) is 1. The van der Waals surface area contributed by atoms with E-state index in [1.807, 2.05) is 26.0 Å². The van der Waals surface area contributed by atoms with Crippen LogP contribution in [0.2, 0.25) is 0 Å². The minimum atomic E-state index is -0.257. The number of hydrogen-bond acceptors (Lipinski definition) is 3. The summed E-state index contributed by atoms with van der Waals surface area (Å²) >= 11 is 4.85. The van der Waals surface area contributed by atoms with Gasteiger partial charge in [0.1, 0.15) is 5.75 Å². The van der Waals surface area contributed by atoms with Gasteiger partial charge in [-0.05, 0) is 26.0 Å². The van der Waals surface area contributed by atoms with E-state index in [-0.39, 0.29) is 23.6 Å². The van der Waals surface area contributed by atoms with E-state index in [0.717, 1.165) is 0 Å². The predicted molar refractivity (Wildman–Crippen MR) is 80.6 cm³/mol. The first-order chi connectivity index (χ1) is 8.95. The van der Waals surface area contributed by atoms with Crippen molar-refractivity contribution >= 4 is 28.9 Å². The third-order valence-corrected chi connectivity index (χ3v) is 2.69. The molecule has 0 radical (unpaired) electrons. The normalized spacial score (nSPS) is 10.1. The van der Waals surface area contributed by atoms with Gasteiger partial charge in [0.2, 0.25) is 0 Å². The highest BCUT2D eigenvalue weighted by molar-refractivity contribution is 7.80. The van der Waals surface area contributed by atoms with Crippen molar-refractivity contribution in [3.63, 3.8) is 0 Å². The Balaban J connectivity index is 2.84. The molecule has 1 aromatic carbocycles. The minimum absolute atomic E-state index is 0.00351. The fourth-order valence-electron chi connectivity index (χ4n) is 1.59. The van der Waals surface area contributed by atoms with Gasteiger partial charge in [-0.3, -0.25) is 0 Å². The Morgan fingerprint density at radius 3 is 2.63 bits per heavy atom. The molecule has 0 aliphatic carbocycles. The van der Waals surface area contributed by atoms with E-state index in [0.29, 0.717) is 11.4 Å². The van der Waals surface area contributed by atoms with Crippen molar-refractivity contribution in [1.29, 1.82) is 0 Å². The van der Waals surface area contributed by atoms with Crippen LogP contribution in [0.1, 0.15) is 13.8 Å². The van der Waals surface area contributed by atoms with Crippen molar-refractivity contribution in [2.75, 3.05) is 19.0 Å². The van der Waals surface area contributed by atoms with Crippen LogP contribution in [-0.2, 0) is 0 Å². The summed E-state index contributed by atoms with van der Waals surface area (Å²) in [5, 5.41) is 2.80. The first-order valence-electron chi connectivity index (χ1n) is 5.94. The quantitative estimate of drug-likeness (QED) is 0.812. The van der Waals surface area contributed by atoms with Gasteiger partial charge in [-0.2, -0.15) is 0 Å². The van der Waals surface area contributed by atoms with Crippen molar-refractivity contribution in [3.05, 3.63) is 24.3 Å². The average Bonchev–Trinajstić information content (AvgIpc) is 2.36. The van der Waals surface area contributed by atoms with Gasteiger partial charge in [0.25, 0.3) is 0 Å². The fourth-order valence-corrected chi connectivity index (χ4v) is 1.73. The molecule has 0 saturated carbocycles. The Morgan fingerprint density at radius 2 is 2.11 bits per heavy atom. The molecule has 1 rings (SSSR count). The summed E-state index contributed by atoms with van der Waals surface area (Å²) in [5.74, 6) is 0.606. The third-order valence-electron chi connectivity index (χ3n) is 2.56.